The Morgan fingerprint density at radius 1 is 1.35 bits per heavy atom. The second-order valence-corrected chi connectivity index (χ2v) is 6.61. The summed E-state index contributed by atoms with van der Waals surface area (Å²) < 4.78 is -0.0222. The molecule has 0 unspecified atom stereocenters. The number of thioether (sulfide) groups is 1. The molecule has 1 aromatic carbocycles. The number of carbonyl (C=O) groups excluding carboxylic acids is 1. The lowest BCUT2D eigenvalue weighted by Crippen LogP contribution is -2.07. The Labute approximate surface area is 105 Å². The maximum Gasteiger partial charge on any atom is 0.281 e. The van der Waals surface area contributed by atoms with Gasteiger partial charge in [0.05, 0.1) is 10.5 Å². The van der Waals surface area contributed by atoms with E-state index in [9.17, 15) is 14.9 Å². The van der Waals surface area contributed by atoms with Crippen molar-refractivity contribution in [1.29, 1.82) is 0 Å². The smallest absolute Gasteiger partial charge is 0.281 e. The third-order valence-electron chi connectivity index (χ3n) is 1.97. The molecule has 0 atom stereocenters. The zero-order valence-electron chi connectivity index (χ0n) is 10.3. The number of rotatable bonds is 3. The Bertz CT molecular complexity index is 463. The number of nitrogens with zero attached hydrogens (tertiary/aromatic N) is 1. The van der Waals surface area contributed by atoms with Crippen LogP contribution in [0.1, 0.15) is 38.1 Å². The molecule has 0 bridgehead atoms. The van der Waals surface area contributed by atoms with Gasteiger partial charge in [-0.3, -0.25) is 14.9 Å². The van der Waals surface area contributed by atoms with Crippen LogP contribution in [0.3, 0.4) is 0 Å². The highest BCUT2D eigenvalue weighted by Crippen LogP contribution is 2.34. The molecule has 0 spiro atoms. The first kappa shape index (κ1) is 13.7. The van der Waals surface area contributed by atoms with Crippen molar-refractivity contribution in [3.8, 4) is 0 Å². The van der Waals surface area contributed by atoms with Gasteiger partial charge in [0.25, 0.3) is 5.69 Å². The molecular weight excluding hydrogens is 238 g/mol. The third kappa shape index (κ3) is 3.85. The zero-order valence-corrected chi connectivity index (χ0v) is 11.1. The van der Waals surface area contributed by atoms with Crippen LogP contribution in [0.15, 0.2) is 23.1 Å². The average molecular weight is 253 g/mol. The molecule has 92 valence electrons. The summed E-state index contributed by atoms with van der Waals surface area (Å²) in [6.07, 6.45) is 0. The highest BCUT2D eigenvalue weighted by molar-refractivity contribution is 8.00. The molecule has 0 amide bonds. The summed E-state index contributed by atoms with van der Waals surface area (Å²) in [5.41, 5.74) is 0.0417. The van der Waals surface area contributed by atoms with Crippen LogP contribution in [0.2, 0.25) is 0 Å². The maximum absolute atomic E-state index is 11.3. The molecule has 0 heterocycles. The molecule has 0 aliphatic rings. The largest absolute Gasteiger partial charge is 0.294 e. The average Bonchev–Trinajstić information content (AvgIpc) is 2.14. The van der Waals surface area contributed by atoms with Crippen molar-refractivity contribution in [2.75, 3.05) is 0 Å². The summed E-state index contributed by atoms with van der Waals surface area (Å²) in [5.74, 6) is -0.288. The van der Waals surface area contributed by atoms with E-state index in [4.69, 9.17) is 0 Å². The van der Waals surface area contributed by atoms with E-state index in [2.05, 4.69) is 0 Å². The minimum Gasteiger partial charge on any atom is -0.294 e. The van der Waals surface area contributed by atoms with Gasteiger partial charge in [0.1, 0.15) is 0 Å². The standard InChI is InChI=1S/C12H15NO3S/c1-8(14)10-6-5-9(17-12(2,3)4)7-11(10)13(15)16/h5-7H,1-4H3. The SMILES string of the molecule is CC(=O)c1ccc(SC(C)(C)C)cc1[N+](=O)[O-]. The van der Waals surface area contributed by atoms with Crippen LogP contribution in [0.4, 0.5) is 5.69 Å². The highest BCUT2D eigenvalue weighted by Gasteiger charge is 2.20. The summed E-state index contributed by atoms with van der Waals surface area (Å²) >= 11 is 1.54. The number of hydrogen-bond donors (Lipinski definition) is 0. The third-order valence-corrected chi connectivity index (χ3v) is 3.07. The van der Waals surface area contributed by atoms with Gasteiger partial charge in [-0.05, 0) is 19.1 Å². The molecule has 5 heteroatoms. The zero-order chi connectivity index (χ0) is 13.2. The van der Waals surface area contributed by atoms with Crippen molar-refractivity contribution in [2.24, 2.45) is 0 Å². The van der Waals surface area contributed by atoms with Crippen LogP contribution in [-0.4, -0.2) is 15.5 Å². The first-order valence-electron chi connectivity index (χ1n) is 5.19. The number of benzene rings is 1. The van der Waals surface area contributed by atoms with E-state index in [-0.39, 0.29) is 21.8 Å². The van der Waals surface area contributed by atoms with Crippen LogP contribution in [0.5, 0.6) is 0 Å². The van der Waals surface area contributed by atoms with E-state index in [1.54, 1.807) is 6.07 Å². The van der Waals surface area contributed by atoms with Gasteiger partial charge in [0.2, 0.25) is 0 Å². The topological polar surface area (TPSA) is 60.2 Å². The van der Waals surface area contributed by atoms with Crippen LogP contribution < -0.4 is 0 Å². The van der Waals surface area contributed by atoms with Crippen molar-refractivity contribution in [3.05, 3.63) is 33.9 Å². The van der Waals surface area contributed by atoms with Crippen molar-refractivity contribution in [1.82, 2.24) is 0 Å². The van der Waals surface area contributed by atoms with E-state index in [0.29, 0.717) is 0 Å². The molecule has 0 aliphatic carbocycles. The first-order chi connectivity index (χ1) is 7.70. The molecule has 4 nitrogen and oxygen atoms in total. The second-order valence-electron chi connectivity index (χ2n) is 4.71. The van der Waals surface area contributed by atoms with Gasteiger partial charge < -0.3 is 0 Å². The molecule has 0 aromatic heterocycles. The van der Waals surface area contributed by atoms with Crippen molar-refractivity contribution in [3.63, 3.8) is 0 Å². The van der Waals surface area contributed by atoms with Crippen molar-refractivity contribution < 1.29 is 9.72 Å². The molecule has 0 N–H and O–H groups in total. The van der Waals surface area contributed by atoms with Gasteiger partial charge in [-0.2, -0.15) is 0 Å². The second kappa shape index (κ2) is 4.87. The molecule has 0 saturated carbocycles. The number of hydrogen-bond acceptors (Lipinski definition) is 4. The number of Topliss-reactive ketones (excluding diaryl/α,β-unsaturated/α-hetero) is 1. The fraction of sp³-hybridized carbons (Fsp3) is 0.417. The molecule has 0 saturated heterocycles. The lowest BCUT2D eigenvalue weighted by molar-refractivity contribution is -0.385. The fourth-order valence-electron chi connectivity index (χ4n) is 1.38. The monoisotopic (exact) mass is 253 g/mol. The Morgan fingerprint density at radius 2 is 1.94 bits per heavy atom. The van der Waals surface area contributed by atoms with Gasteiger partial charge in [-0.1, -0.05) is 20.8 Å². The Hall–Kier alpha value is -1.36. The highest BCUT2D eigenvalue weighted by atomic mass is 32.2. The quantitative estimate of drug-likeness (QED) is 0.357. The van der Waals surface area contributed by atoms with E-state index in [1.807, 2.05) is 20.8 Å². The van der Waals surface area contributed by atoms with Gasteiger partial charge in [-0.25, -0.2) is 0 Å². The van der Waals surface area contributed by atoms with Crippen LogP contribution in [-0.2, 0) is 0 Å². The summed E-state index contributed by atoms with van der Waals surface area (Å²) in [6.45, 7) is 7.42. The lowest BCUT2D eigenvalue weighted by atomic mass is 10.1. The number of carbonyl (C=O) groups is 1. The normalized spacial score (nSPS) is 11.3. The molecule has 0 aliphatic heterocycles. The predicted molar refractivity (Wildman–Crippen MR) is 68.7 cm³/mol. The molecule has 17 heavy (non-hydrogen) atoms. The van der Waals surface area contributed by atoms with Gasteiger partial charge in [0.15, 0.2) is 5.78 Å². The minimum absolute atomic E-state index is 0.0222. The van der Waals surface area contributed by atoms with E-state index in [0.717, 1.165) is 4.90 Å². The molecular formula is C12H15NO3S. The summed E-state index contributed by atoms with van der Waals surface area (Å²) in [6, 6.07) is 4.74. The first-order valence-corrected chi connectivity index (χ1v) is 6.01. The van der Waals surface area contributed by atoms with Gasteiger partial charge in [0, 0.05) is 15.7 Å². The van der Waals surface area contributed by atoms with E-state index < -0.39 is 4.92 Å². The summed E-state index contributed by atoms with van der Waals surface area (Å²) in [5, 5.41) is 10.9. The summed E-state index contributed by atoms with van der Waals surface area (Å²) in [7, 11) is 0. The molecule has 0 fully saturated rings. The van der Waals surface area contributed by atoms with Crippen LogP contribution >= 0.6 is 11.8 Å². The molecule has 0 radical (unpaired) electrons. The Kier molecular flexibility index (Phi) is 3.93. The number of nitro groups is 1. The Balaban J connectivity index is 3.19. The van der Waals surface area contributed by atoms with Gasteiger partial charge >= 0.3 is 0 Å². The van der Waals surface area contributed by atoms with Gasteiger partial charge in [-0.15, -0.1) is 11.8 Å². The van der Waals surface area contributed by atoms with E-state index >= 15 is 0 Å². The number of nitro benzene ring substituents is 1. The lowest BCUT2D eigenvalue weighted by Gasteiger charge is -2.17. The van der Waals surface area contributed by atoms with E-state index in [1.165, 1.54) is 30.8 Å². The van der Waals surface area contributed by atoms with Crippen molar-refractivity contribution >= 4 is 23.2 Å². The molecule has 1 aromatic rings. The summed E-state index contributed by atoms with van der Waals surface area (Å²) in [4.78, 5) is 22.4. The Morgan fingerprint density at radius 3 is 2.35 bits per heavy atom. The van der Waals surface area contributed by atoms with Crippen molar-refractivity contribution in [2.45, 2.75) is 37.3 Å². The minimum atomic E-state index is -0.510. The predicted octanol–water partition coefficient (Wildman–Crippen LogP) is 3.69. The van der Waals surface area contributed by atoms with Crippen LogP contribution in [0.25, 0.3) is 0 Å². The maximum atomic E-state index is 11.3. The number of ketones is 1. The molecule has 1 rings (SSSR count). The van der Waals surface area contributed by atoms with Crippen LogP contribution in [0, 0.1) is 10.1 Å². The fourth-order valence-corrected chi connectivity index (χ4v) is 2.39.